The zero-order valence-corrected chi connectivity index (χ0v) is 22.9. The van der Waals surface area contributed by atoms with Crippen LogP contribution in [0.5, 0.6) is 5.75 Å². The number of nitrogens with two attached hydrogens (primary N) is 2. The second-order valence-electron chi connectivity index (χ2n) is 10.0. The highest BCUT2D eigenvalue weighted by atomic mass is 16.5. The molecule has 0 spiro atoms. The van der Waals surface area contributed by atoms with E-state index in [-0.39, 0.29) is 0 Å². The number of hydrogen-bond donors (Lipinski definition) is 2. The Balaban J connectivity index is 1.33. The number of aliphatic imine (C=N–C) groups is 2. The summed E-state index contributed by atoms with van der Waals surface area (Å²) in [5.74, 6) is 2.27. The predicted molar refractivity (Wildman–Crippen MR) is 156 cm³/mol. The fourth-order valence-corrected chi connectivity index (χ4v) is 5.05. The van der Waals surface area contributed by atoms with Gasteiger partial charge >= 0.3 is 0 Å². The second kappa shape index (κ2) is 12.1. The lowest BCUT2D eigenvalue weighted by Gasteiger charge is -2.56. The van der Waals surface area contributed by atoms with Gasteiger partial charge in [0.15, 0.2) is 0 Å². The van der Waals surface area contributed by atoms with E-state index in [9.17, 15) is 0 Å². The van der Waals surface area contributed by atoms with Gasteiger partial charge in [-0.3, -0.25) is 9.89 Å². The summed E-state index contributed by atoms with van der Waals surface area (Å²) in [5.41, 5.74) is 16.6. The molecule has 1 aromatic carbocycles. The third kappa shape index (κ3) is 6.89. The number of allylic oxidation sites excluding steroid dienone is 3. The number of amidine groups is 1. The average Bonchev–Trinajstić information content (AvgIpc) is 2.87. The zero-order chi connectivity index (χ0) is 27.2. The lowest BCUT2D eigenvalue weighted by molar-refractivity contribution is -0.00869. The molecule has 5 rings (SSSR count). The first kappa shape index (κ1) is 27.1. The van der Waals surface area contributed by atoms with E-state index in [1.807, 2.05) is 27.0 Å². The summed E-state index contributed by atoms with van der Waals surface area (Å²) in [6.07, 6.45) is 6.55. The standard InChI is InChI=1S/C30H39N7O/c1-6-38-28-10-7-24(8-11-28)17-37-26-15-27(37)19-36(18-26)30-12-9-25(16-33-30)23(5)34-21(3)14-22(4)35-29(32)13-20(2)31/h7-14,16,26-27H,4,6,15,17-19,31H2,1-3,5H3,(H2,32,35)/b20-13-,21-14-,34-23?. The number of piperazine rings is 1. The minimum Gasteiger partial charge on any atom is -0.494 e. The Morgan fingerprint density at radius 1 is 1.05 bits per heavy atom. The smallest absolute Gasteiger partial charge is 0.128 e. The van der Waals surface area contributed by atoms with Crippen LogP contribution in [0.3, 0.4) is 0 Å². The topological polar surface area (TPSA) is 105 Å². The maximum absolute atomic E-state index is 5.84. The molecule has 3 saturated heterocycles. The van der Waals surface area contributed by atoms with Crippen LogP contribution >= 0.6 is 0 Å². The fraction of sp³-hybridized carbons (Fsp3) is 0.367. The molecule has 2 atom stereocenters. The lowest BCUT2D eigenvalue weighted by Crippen LogP contribution is -2.68. The Morgan fingerprint density at radius 3 is 2.37 bits per heavy atom. The van der Waals surface area contributed by atoms with Crippen LogP contribution in [-0.2, 0) is 6.54 Å². The summed E-state index contributed by atoms with van der Waals surface area (Å²) >= 11 is 0. The SMILES string of the molecule is C=C(/C=C(/C)N=C(C)c1ccc(N2CC3CC(C2)N3Cc2ccc(OCC)cc2)nc1)N=C(N)/C=C(/C)N. The normalized spacial score (nSPS) is 20.8. The number of piperidine rings is 1. The van der Waals surface area contributed by atoms with Gasteiger partial charge in [0.25, 0.3) is 0 Å². The maximum Gasteiger partial charge on any atom is 0.128 e. The molecule has 1 aromatic heterocycles. The molecule has 3 aliphatic rings. The average molecular weight is 514 g/mol. The van der Waals surface area contributed by atoms with Crippen molar-refractivity contribution in [3.63, 3.8) is 0 Å². The fourth-order valence-electron chi connectivity index (χ4n) is 5.05. The summed E-state index contributed by atoms with van der Waals surface area (Å²) in [4.78, 5) is 18.7. The van der Waals surface area contributed by atoms with E-state index in [0.717, 1.165) is 48.2 Å². The van der Waals surface area contributed by atoms with Crippen molar-refractivity contribution in [3.05, 3.63) is 89.5 Å². The van der Waals surface area contributed by atoms with Gasteiger partial charge in [0.2, 0.25) is 0 Å². The van der Waals surface area contributed by atoms with Gasteiger partial charge in [0, 0.05) is 60.6 Å². The van der Waals surface area contributed by atoms with Gasteiger partial charge in [0.05, 0.1) is 12.3 Å². The number of ether oxygens (including phenoxy) is 1. The molecule has 0 saturated carbocycles. The van der Waals surface area contributed by atoms with E-state index >= 15 is 0 Å². The van der Waals surface area contributed by atoms with Crippen molar-refractivity contribution in [2.24, 2.45) is 21.5 Å². The van der Waals surface area contributed by atoms with Crippen LogP contribution in [0.1, 0.15) is 45.2 Å². The summed E-state index contributed by atoms with van der Waals surface area (Å²) in [5, 5.41) is 0. The minimum atomic E-state index is 0.314. The largest absolute Gasteiger partial charge is 0.494 e. The van der Waals surface area contributed by atoms with E-state index in [2.05, 4.69) is 62.8 Å². The van der Waals surface area contributed by atoms with Crippen molar-refractivity contribution in [2.75, 3.05) is 24.6 Å². The quantitative estimate of drug-likeness (QED) is 0.277. The summed E-state index contributed by atoms with van der Waals surface area (Å²) in [6, 6.07) is 13.8. The molecular weight excluding hydrogens is 474 g/mol. The molecule has 2 bridgehead atoms. The number of pyridine rings is 1. The van der Waals surface area contributed by atoms with Crippen LogP contribution in [0.15, 0.2) is 88.4 Å². The molecule has 0 aliphatic carbocycles. The van der Waals surface area contributed by atoms with Gasteiger partial charge in [0.1, 0.15) is 17.4 Å². The van der Waals surface area contributed by atoms with Gasteiger partial charge in [-0.15, -0.1) is 0 Å². The minimum absolute atomic E-state index is 0.314. The van der Waals surface area contributed by atoms with Gasteiger partial charge in [-0.1, -0.05) is 18.7 Å². The molecule has 8 heteroatoms. The van der Waals surface area contributed by atoms with Gasteiger partial charge in [-0.25, -0.2) is 9.98 Å². The molecule has 3 fully saturated rings. The number of nitrogens with zero attached hydrogens (tertiary/aromatic N) is 5. The first-order valence-electron chi connectivity index (χ1n) is 13.1. The summed E-state index contributed by atoms with van der Waals surface area (Å²) in [6.45, 7) is 15.2. The molecular formula is C30H39N7O. The lowest BCUT2D eigenvalue weighted by atomic mass is 9.86. The maximum atomic E-state index is 5.84. The molecule has 0 radical (unpaired) electrons. The van der Waals surface area contributed by atoms with Gasteiger partial charge in [-0.2, -0.15) is 0 Å². The van der Waals surface area contributed by atoms with Crippen molar-refractivity contribution in [1.82, 2.24) is 9.88 Å². The van der Waals surface area contributed by atoms with Crippen molar-refractivity contribution in [1.29, 1.82) is 0 Å². The summed E-state index contributed by atoms with van der Waals surface area (Å²) < 4.78 is 5.57. The van der Waals surface area contributed by atoms with E-state index in [0.29, 0.717) is 35.9 Å². The third-order valence-corrected chi connectivity index (χ3v) is 6.80. The van der Waals surface area contributed by atoms with E-state index in [1.54, 1.807) is 19.1 Å². The molecule has 38 heavy (non-hydrogen) atoms. The molecule has 4 N–H and O–H groups in total. The Labute approximate surface area is 226 Å². The number of hydrogen-bond acceptors (Lipinski definition) is 7. The van der Waals surface area contributed by atoms with Crippen LogP contribution in [0, 0.1) is 0 Å². The first-order valence-corrected chi connectivity index (χ1v) is 13.1. The van der Waals surface area contributed by atoms with E-state index in [1.165, 1.54) is 12.0 Å². The van der Waals surface area contributed by atoms with E-state index in [4.69, 9.17) is 21.2 Å². The monoisotopic (exact) mass is 513 g/mol. The van der Waals surface area contributed by atoms with Crippen LogP contribution in [0.25, 0.3) is 0 Å². The number of aromatic nitrogens is 1. The van der Waals surface area contributed by atoms with Crippen molar-refractivity contribution in [2.45, 2.75) is 52.7 Å². The molecule has 2 aromatic rings. The molecule has 0 amide bonds. The first-order chi connectivity index (χ1) is 18.2. The van der Waals surface area contributed by atoms with Crippen LogP contribution in [0.2, 0.25) is 0 Å². The van der Waals surface area contributed by atoms with E-state index < -0.39 is 0 Å². The number of fused-ring (bicyclic) bond motifs is 2. The highest BCUT2D eigenvalue weighted by Gasteiger charge is 2.44. The van der Waals surface area contributed by atoms with Crippen LogP contribution in [-0.4, -0.2) is 53.2 Å². The van der Waals surface area contributed by atoms with Crippen molar-refractivity contribution >= 4 is 17.4 Å². The predicted octanol–water partition coefficient (Wildman–Crippen LogP) is 4.39. The van der Waals surface area contributed by atoms with Gasteiger partial charge in [-0.05, 0) is 76.1 Å². The molecule has 4 heterocycles. The molecule has 200 valence electrons. The highest BCUT2D eigenvalue weighted by Crippen LogP contribution is 2.35. The Kier molecular flexibility index (Phi) is 8.63. The van der Waals surface area contributed by atoms with Crippen molar-refractivity contribution < 1.29 is 4.74 Å². The number of rotatable bonds is 10. The molecule has 3 aliphatic heterocycles. The number of benzene rings is 1. The van der Waals surface area contributed by atoms with Crippen LogP contribution in [0.4, 0.5) is 5.82 Å². The Bertz CT molecular complexity index is 1240. The highest BCUT2D eigenvalue weighted by molar-refractivity contribution is 5.99. The Hall–Kier alpha value is -3.91. The van der Waals surface area contributed by atoms with Crippen molar-refractivity contribution in [3.8, 4) is 5.75 Å². The second-order valence-corrected chi connectivity index (χ2v) is 10.0. The van der Waals surface area contributed by atoms with Crippen LogP contribution < -0.4 is 21.1 Å². The molecule has 8 nitrogen and oxygen atoms in total. The zero-order valence-electron chi connectivity index (χ0n) is 22.9. The third-order valence-electron chi connectivity index (χ3n) is 6.80. The molecule has 2 unspecified atom stereocenters. The van der Waals surface area contributed by atoms with Gasteiger partial charge < -0.3 is 21.1 Å². The number of anilines is 1. The Morgan fingerprint density at radius 2 is 1.76 bits per heavy atom. The summed E-state index contributed by atoms with van der Waals surface area (Å²) in [7, 11) is 0.